The van der Waals surface area contributed by atoms with Gasteiger partial charge in [-0.3, -0.25) is 10.1 Å². The molecule has 0 atom stereocenters. The normalized spacial score (nSPS) is 15.6. The maximum absolute atomic E-state index is 10.7. The zero-order valence-corrected chi connectivity index (χ0v) is 10.8. The van der Waals surface area contributed by atoms with Gasteiger partial charge in [0.15, 0.2) is 0 Å². The summed E-state index contributed by atoms with van der Waals surface area (Å²) in [5, 5.41) is 10.7. The molecule has 0 fully saturated rings. The fourth-order valence-corrected chi connectivity index (χ4v) is 1.68. The van der Waals surface area contributed by atoms with E-state index in [0.29, 0.717) is 18.1 Å². The van der Waals surface area contributed by atoms with Gasteiger partial charge in [-0.25, -0.2) is 4.99 Å². The quantitative estimate of drug-likeness (QED) is 0.656. The van der Waals surface area contributed by atoms with Crippen LogP contribution in [0.5, 0.6) is 0 Å². The van der Waals surface area contributed by atoms with Crippen LogP contribution >= 0.6 is 0 Å². The highest BCUT2D eigenvalue weighted by atomic mass is 16.6. The van der Waals surface area contributed by atoms with Crippen LogP contribution in [0.15, 0.2) is 23.2 Å². The Balaban J connectivity index is 0.00000162. The molecule has 6 nitrogen and oxygen atoms in total. The van der Waals surface area contributed by atoms with Crippen molar-refractivity contribution in [3.8, 4) is 0 Å². The van der Waals surface area contributed by atoms with E-state index in [0.717, 1.165) is 5.56 Å². The van der Waals surface area contributed by atoms with Crippen molar-refractivity contribution in [2.75, 3.05) is 6.61 Å². The summed E-state index contributed by atoms with van der Waals surface area (Å²) in [6.45, 7) is 6.32. The first-order valence-corrected chi connectivity index (χ1v) is 5.37. The Kier molecular flexibility index (Phi) is 5.20. The minimum absolute atomic E-state index is 0. The maximum atomic E-state index is 10.7. The SMILES string of the molecule is C.Cc1ccc([N+](=O)[O-])cc1C1=NC(C)(C)CO1.N. The van der Waals surface area contributed by atoms with Gasteiger partial charge < -0.3 is 10.9 Å². The molecule has 1 aromatic carbocycles. The Bertz CT molecular complexity index is 510. The standard InChI is InChI=1S/C12H14N2O3.CH4.H3N/c1-8-4-5-9(14(15)16)6-10(8)11-13-12(2,3)7-17-11;;/h4-6H,7H2,1-3H3;1H4;1H3. The molecule has 6 heteroatoms. The van der Waals surface area contributed by atoms with E-state index in [1.807, 2.05) is 20.8 Å². The monoisotopic (exact) mass is 267 g/mol. The molecule has 0 spiro atoms. The van der Waals surface area contributed by atoms with Crippen LogP contribution in [0.3, 0.4) is 0 Å². The fourth-order valence-electron chi connectivity index (χ4n) is 1.68. The third kappa shape index (κ3) is 3.51. The van der Waals surface area contributed by atoms with Gasteiger partial charge in [-0.1, -0.05) is 13.5 Å². The van der Waals surface area contributed by atoms with Gasteiger partial charge in [-0.15, -0.1) is 0 Å². The second-order valence-electron chi connectivity index (χ2n) is 4.77. The third-order valence-corrected chi connectivity index (χ3v) is 2.63. The molecule has 106 valence electrons. The largest absolute Gasteiger partial charge is 0.475 e. The van der Waals surface area contributed by atoms with Gasteiger partial charge in [0.2, 0.25) is 5.90 Å². The summed E-state index contributed by atoms with van der Waals surface area (Å²) in [7, 11) is 0. The number of rotatable bonds is 2. The summed E-state index contributed by atoms with van der Waals surface area (Å²) in [5.74, 6) is 0.496. The van der Waals surface area contributed by atoms with Crippen molar-refractivity contribution in [1.29, 1.82) is 0 Å². The third-order valence-electron chi connectivity index (χ3n) is 2.63. The lowest BCUT2D eigenvalue weighted by Crippen LogP contribution is -2.17. The minimum Gasteiger partial charge on any atom is -0.475 e. The predicted molar refractivity (Wildman–Crippen MR) is 76.2 cm³/mol. The Morgan fingerprint density at radius 3 is 2.53 bits per heavy atom. The Morgan fingerprint density at radius 2 is 2.05 bits per heavy atom. The molecule has 2 rings (SSSR count). The average molecular weight is 267 g/mol. The second kappa shape index (κ2) is 5.79. The highest BCUT2D eigenvalue weighted by molar-refractivity contribution is 5.97. The van der Waals surface area contributed by atoms with Crippen molar-refractivity contribution in [3.63, 3.8) is 0 Å². The van der Waals surface area contributed by atoms with Crippen LogP contribution < -0.4 is 6.15 Å². The van der Waals surface area contributed by atoms with Crippen molar-refractivity contribution in [2.45, 2.75) is 33.7 Å². The van der Waals surface area contributed by atoms with Gasteiger partial charge in [0.05, 0.1) is 10.5 Å². The number of hydrogen-bond donors (Lipinski definition) is 1. The number of aryl methyl sites for hydroxylation is 1. The number of benzene rings is 1. The lowest BCUT2D eigenvalue weighted by Gasteiger charge is -2.07. The molecule has 1 heterocycles. The maximum Gasteiger partial charge on any atom is 0.270 e. The van der Waals surface area contributed by atoms with Crippen LogP contribution in [0, 0.1) is 17.0 Å². The zero-order chi connectivity index (χ0) is 12.6. The number of nitro groups is 1. The summed E-state index contributed by atoms with van der Waals surface area (Å²) in [4.78, 5) is 14.7. The molecule has 0 radical (unpaired) electrons. The van der Waals surface area contributed by atoms with E-state index in [1.54, 1.807) is 6.07 Å². The highest BCUT2D eigenvalue weighted by Gasteiger charge is 2.28. The summed E-state index contributed by atoms with van der Waals surface area (Å²) in [5.41, 5.74) is 1.42. The van der Waals surface area contributed by atoms with Gasteiger partial charge in [-0.05, 0) is 26.3 Å². The zero-order valence-electron chi connectivity index (χ0n) is 10.8. The lowest BCUT2D eigenvalue weighted by atomic mass is 10.1. The molecule has 0 saturated carbocycles. The fraction of sp³-hybridized carbons (Fsp3) is 0.462. The number of ether oxygens (including phenoxy) is 1. The first-order valence-electron chi connectivity index (χ1n) is 5.37. The molecule has 1 aliphatic rings. The van der Waals surface area contributed by atoms with Crippen molar-refractivity contribution < 1.29 is 9.66 Å². The van der Waals surface area contributed by atoms with Crippen LogP contribution in [-0.2, 0) is 4.74 Å². The summed E-state index contributed by atoms with van der Waals surface area (Å²) in [6, 6.07) is 4.71. The summed E-state index contributed by atoms with van der Waals surface area (Å²) < 4.78 is 5.50. The average Bonchev–Trinajstić information content (AvgIpc) is 2.59. The molecular formula is C13H21N3O3. The molecule has 0 bridgehead atoms. The van der Waals surface area contributed by atoms with E-state index in [1.165, 1.54) is 12.1 Å². The first kappa shape index (κ1) is 17.1. The van der Waals surface area contributed by atoms with E-state index >= 15 is 0 Å². The van der Waals surface area contributed by atoms with E-state index < -0.39 is 4.92 Å². The molecule has 0 aromatic heterocycles. The Labute approximate surface area is 113 Å². The minimum atomic E-state index is -0.413. The van der Waals surface area contributed by atoms with Crippen LogP contribution in [-0.4, -0.2) is 23.0 Å². The second-order valence-corrected chi connectivity index (χ2v) is 4.77. The van der Waals surface area contributed by atoms with Crippen LogP contribution in [0.1, 0.15) is 32.4 Å². The van der Waals surface area contributed by atoms with Gasteiger partial charge in [0.1, 0.15) is 6.61 Å². The van der Waals surface area contributed by atoms with Crippen molar-refractivity contribution in [1.82, 2.24) is 6.15 Å². The molecule has 0 amide bonds. The van der Waals surface area contributed by atoms with Crippen LogP contribution in [0.25, 0.3) is 0 Å². The molecule has 0 unspecified atom stereocenters. The number of nitrogens with zero attached hydrogens (tertiary/aromatic N) is 2. The number of nitro benzene ring substituents is 1. The highest BCUT2D eigenvalue weighted by Crippen LogP contribution is 2.24. The Morgan fingerprint density at radius 1 is 1.42 bits per heavy atom. The Hall–Kier alpha value is -1.95. The molecule has 19 heavy (non-hydrogen) atoms. The van der Waals surface area contributed by atoms with Gasteiger partial charge in [0, 0.05) is 17.7 Å². The number of aliphatic imine (C=N–C) groups is 1. The topological polar surface area (TPSA) is 99.7 Å². The van der Waals surface area contributed by atoms with Crippen molar-refractivity contribution in [3.05, 3.63) is 39.4 Å². The molecule has 1 aliphatic heterocycles. The van der Waals surface area contributed by atoms with E-state index in [4.69, 9.17) is 4.74 Å². The van der Waals surface area contributed by atoms with E-state index in [2.05, 4.69) is 4.99 Å². The van der Waals surface area contributed by atoms with E-state index in [9.17, 15) is 10.1 Å². The van der Waals surface area contributed by atoms with Crippen LogP contribution in [0.2, 0.25) is 0 Å². The molecule has 0 saturated heterocycles. The smallest absolute Gasteiger partial charge is 0.270 e. The summed E-state index contributed by atoms with van der Waals surface area (Å²) >= 11 is 0. The van der Waals surface area contributed by atoms with Crippen LogP contribution in [0.4, 0.5) is 5.69 Å². The molecule has 3 N–H and O–H groups in total. The van der Waals surface area contributed by atoms with Crippen molar-refractivity contribution in [2.24, 2.45) is 4.99 Å². The predicted octanol–water partition coefficient (Wildman–Crippen LogP) is 3.26. The first-order chi connectivity index (χ1) is 7.89. The van der Waals surface area contributed by atoms with Gasteiger partial charge >= 0.3 is 0 Å². The number of non-ortho nitro benzene ring substituents is 1. The molecular weight excluding hydrogens is 246 g/mol. The molecule has 0 aliphatic carbocycles. The van der Waals surface area contributed by atoms with Gasteiger partial charge in [-0.2, -0.15) is 0 Å². The summed E-state index contributed by atoms with van der Waals surface area (Å²) in [6.07, 6.45) is 0. The number of hydrogen-bond acceptors (Lipinski definition) is 5. The van der Waals surface area contributed by atoms with Crippen molar-refractivity contribution >= 4 is 11.6 Å². The van der Waals surface area contributed by atoms with Gasteiger partial charge in [0.25, 0.3) is 5.69 Å². The van der Waals surface area contributed by atoms with E-state index in [-0.39, 0.29) is 24.8 Å². The lowest BCUT2D eigenvalue weighted by molar-refractivity contribution is -0.384. The molecule has 1 aromatic rings.